The number of ether oxygens (including phenoxy) is 2. The molecular formula is C22H27N5O3. The first kappa shape index (κ1) is 19.1. The molecule has 2 aliphatic rings. The van der Waals surface area contributed by atoms with Gasteiger partial charge in [-0.25, -0.2) is 9.67 Å². The third kappa shape index (κ3) is 3.45. The van der Waals surface area contributed by atoms with Crippen molar-refractivity contribution < 1.29 is 9.47 Å². The molecule has 3 heterocycles. The van der Waals surface area contributed by atoms with Crippen molar-refractivity contribution in [1.82, 2.24) is 24.6 Å². The Morgan fingerprint density at radius 2 is 1.83 bits per heavy atom. The fraction of sp³-hybridized carbons (Fsp3) is 0.500. The summed E-state index contributed by atoms with van der Waals surface area (Å²) in [4.78, 5) is 22.7. The van der Waals surface area contributed by atoms with E-state index in [4.69, 9.17) is 14.5 Å². The number of hydrogen-bond donors (Lipinski definition) is 1. The molecule has 1 saturated heterocycles. The fourth-order valence-electron chi connectivity index (χ4n) is 4.45. The van der Waals surface area contributed by atoms with Crippen LogP contribution < -0.4 is 15.0 Å². The zero-order valence-corrected chi connectivity index (χ0v) is 17.4. The van der Waals surface area contributed by atoms with Gasteiger partial charge in [-0.05, 0) is 44.0 Å². The number of methoxy groups -OCH3 is 1. The summed E-state index contributed by atoms with van der Waals surface area (Å²) < 4.78 is 13.2. The second kappa shape index (κ2) is 7.75. The standard InChI is InChI=1S/C22H27N5O3/c1-14(26-12-18(13-26)30-17-9-7-16(29-2)8-10-17)20-24-21-19(22(28)25-20)11-23-27(21)15-5-3-4-6-15/h7-11,14-15,18H,3-6,12-13H2,1-2H3,(H,24,25,28)/t14-/m1/s1. The first-order valence-electron chi connectivity index (χ1n) is 10.6. The predicted octanol–water partition coefficient (Wildman–Crippen LogP) is 3.07. The largest absolute Gasteiger partial charge is 0.497 e. The van der Waals surface area contributed by atoms with Crippen molar-refractivity contribution in [2.24, 2.45) is 0 Å². The Kier molecular flexibility index (Phi) is 4.94. The summed E-state index contributed by atoms with van der Waals surface area (Å²) in [6.45, 7) is 3.65. The van der Waals surface area contributed by atoms with Crippen LogP contribution in [0.5, 0.6) is 11.5 Å². The van der Waals surface area contributed by atoms with Crippen molar-refractivity contribution in [1.29, 1.82) is 0 Å². The Bertz CT molecular complexity index is 1080. The monoisotopic (exact) mass is 409 g/mol. The Morgan fingerprint density at radius 1 is 1.13 bits per heavy atom. The highest BCUT2D eigenvalue weighted by atomic mass is 16.5. The minimum atomic E-state index is -0.113. The molecule has 5 rings (SSSR count). The molecule has 1 aliphatic heterocycles. The van der Waals surface area contributed by atoms with E-state index in [1.54, 1.807) is 13.3 Å². The molecule has 30 heavy (non-hydrogen) atoms. The highest BCUT2D eigenvalue weighted by molar-refractivity contribution is 5.73. The topological polar surface area (TPSA) is 85.3 Å². The summed E-state index contributed by atoms with van der Waals surface area (Å²) >= 11 is 0. The Labute approximate surface area is 174 Å². The number of aromatic amines is 1. The summed E-state index contributed by atoms with van der Waals surface area (Å²) in [6, 6.07) is 7.98. The average Bonchev–Trinajstić information content (AvgIpc) is 3.40. The first-order chi connectivity index (χ1) is 14.6. The molecule has 1 aromatic carbocycles. The molecule has 1 N–H and O–H groups in total. The summed E-state index contributed by atoms with van der Waals surface area (Å²) in [6.07, 6.45) is 6.40. The maximum atomic E-state index is 12.6. The van der Waals surface area contributed by atoms with Gasteiger partial charge in [-0.1, -0.05) is 12.8 Å². The van der Waals surface area contributed by atoms with E-state index in [0.29, 0.717) is 22.9 Å². The Balaban J connectivity index is 1.28. The molecule has 2 fully saturated rings. The van der Waals surface area contributed by atoms with Crippen molar-refractivity contribution in [2.45, 2.75) is 50.8 Å². The molecule has 8 heteroatoms. The number of nitrogens with one attached hydrogen (secondary N) is 1. The van der Waals surface area contributed by atoms with E-state index in [1.165, 1.54) is 12.8 Å². The summed E-state index contributed by atoms with van der Waals surface area (Å²) in [5, 5.41) is 5.05. The van der Waals surface area contributed by atoms with Crippen molar-refractivity contribution in [3.63, 3.8) is 0 Å². The van der Waals surface area contributed by atoms with Crippen molar-refractivity contribution in [3.05, 3.63) is 46.6 Å². The van der Waals surface area contributed by atoms with E-state index < -0.39 is 0 Å². The Hall–Kier alpha value is -2.87. The maximum absolute atomic E-state index is 12.6. The molecule has 8 nitrogen and oxygen atoms in total. The van der Waals surface area contributed by atoms with Crippen LogP contribution in [0.4, 0.5) is 0 Å². The SMILES string of the molecule is COc1ccc(OC2CN([C@H](C)c3nc4c(cnn4C4CCCC4)c(=O)[nH]3)C2)cc1. The molecule has 0 unspecified atom stereocenters. The number of aromatic nitrogens is 4. The molecule has 0 spiro atoms. The molecule has 2 aromatic heterocycles. The second-order valence-corrected chi connectivity index (χ2v) is 8.26. The third-order valence-electron chi connectivity index (χ3n) is 6.33. The number of nitrogens with zero attached hydrogens (tertiary/aromatic N) is 4. The number of likely N-dealkylation sites (tertiary alicyclic amines) is 1. The van der Waals surface area contributed by atoms with Gasteiger partial charge in [-0.15, -0.1) is 0 Å². The van der Waals surface area contributed by atoms with Gasteiger partial charge in [0.1, 0.15) is 28.8 Å². The molecule has 3 aromatic rings. The van der Waals surface area contributed by atoms with Gasteiger partial charge in [0.15, 0.2) is 5.65 Å². The van der Waals surface area contributed by atoms with Crippen LogP contribution in [0.3, 0.4) is 0 Å². The Morgan fingerprint density at radius 3 is 2.53 bits per heavy atom. The van der Waals surface area contributed by atoms with Crippen LogP contribution in [0.15, 0.2) is 35.3 Å². The number of hydrogen-bond acceptors (Lipinski definition) is 6. The van der Waals surface area contributed by atoms with Gasteiger partial charge in [-0.2, -0.15) is 5.10 Å². The van der Waals surface area contributed by atoms with Crippen LogP contribution in [0.25, 0.3) is 11.0 Å². The van der Waals surface area contributed by atoms with Gasteiger partial charge in [-0.3, -0.25) is 9.69 Å². The minimum absolute atomic E-state index is 0.00439. The third-order valence-corrected chi connectivity index (χ3v) is 6.33. The smallest absolute Gasteiger partial charge is 0.262 e. The summed E-state index contributed by atoms with van der Waals surface area (Å²) in [5.41, 5.74) is 0.594. The zero-order valence-electron chi connectivity index (χ0n) is 17.4. The number of rotatable bonds is 6. The van der Waals surface area contributed by atoms with Crippen LogP contribution in [-0.2, 0) is 0 Å². The fourth-order valence-corrected chi connectivity index (χ4v) is 4.45. The molecule has 1 aliphatic carbocycles. The van der Waals surface area contributed by atoms with Crippen LogP contribution in [0.2, 0.25) is 0 Å². The van der Waals surface area contributed by atoms with Crippen molar-refractivity contribution >= 4 is 11.0 Å². The van der Waals surface area contributed by atoms with Crippen molar-refractivity contribution in [3.8, 4) is 11.5 Å². The van der Waals surface area contributed by atoms with Gasteiger partial charge in [0.2, 0.25) is 0 Å². The lowest BCUT2D eigenvalue weighted by molar-refractivity contribution is -0.00737. The van der Waals surface area contributed by atoms with E-state index >= 15 is 0 Å². The van der Waals surface area contributed by atoms with Gasteiger partial charge in [0.25, 0.3) is 5.56 Å². The van der Waals surface area contributed by atoms with Crippen LogP contribution >= 0.6 is 0 Å². The number of fused-ring (bicyclic) bond motifs is 1. The van der Waals surface area contributed by atoms with Crippen LogP contribution in [0, 0.1) is 0 Å². The molecule has 0 amide bonds. The van der Waals surface area contributed by atoms with E-state index in [9.17, 15) is 4.79 Å². The average molecular weight is 409 g/mol. The number of benzene rings is 1. The second-order valence-electron chi connectivity index (χ2n) is 8.26. The molecule has 1 atom stereocenters. The predicted molar refractivity (Wildman–Crippen MR) is 113 cm³/mol. The lowest BCUT2D eigenvalue weighted by Gasteiger charge is -2.42. The highest BCUT2D eigenvalue weighted by Crippen LogP contribution is 2.31. The quantitative estimate of drug-likeness (QED) is 0.674. The lowest BCUT2D eigenvalue weighted by atomic mass is 10.1. The van der Waals surface area contributed by atoms with Crippen molar-refractivity contribution in [2.75, 3.05) is 20.2 Å². The zero-order chi connectivity index (χ0) is 20.7. The van der Waals surface area contributed by atoms with Gasteiger partial charge in [0.05, 0.1) is 25.4 Å². The van der Waals surface area contributed by atoms with Crippen LogP contribution in [0.1, 0.15) is 50.5 Å². The maximum Gasteiger partial charge on any atom is 0.262 e. The molecule has 1 saturated carbocycles. The van der Waals surface area contributed by atoms with Gasteiger partial charge in [0, 0.05) is 13.1 Å². The number of H-pyrrole nitrogens is 1. The lowest BCUT2D eigenvalue weighted by Crippen LogP contribution is -2.54. The van der Waals surface area contributed by atoms with Gasteiger partial charge < -0.3 is 14.5 Å². The van der Waals surface area contributed by atoms with E-state index in [2.05, 4.69) is 21.9 Å². The molecular weight excluding hydrogens is 382 g/mol. The van der Waals surface area contributed by atoms with E-state index in [-0.39, 0.29) is 17.7 Å². The summed E-state index contributed by atoms with van der Waals surface area (Å²) in [7, 11) is 1.65. The highest BCUT2D eigenvalue weighted by Gasteiger charge is 2.34. The summed E-state index contributed by atoms with van der Waals surface area (Å²) in [5.74, 6) is 2.34. The molecule has 158 valence electrons. The minimum Gasteiger partial charge on any atom is -0.497 e. The van der Waals surface area contributed by atoms with E-state index in [0.717, 1.165) is 37.4 Å². The first-order valence-corrected chi connectivity index (χ1v) is 10.6. The van der Waals surface area contributed by atoms with E-state index in [1.807, 2.05) is 28.9 Å². The van der Waals surface area contributed by atoms with Crippen LogP contribution in [-0.4, -0.2) is 51.0 Å². The molecule has 0 radical (unpaired) electrons. The molecule has 0 bridgehead atoms. The normalized spacial score (nSPS) is 19.1. The van der Waals surface area contributed by atoms with Gasteiger partial charge >= 0.3 is 0 Å².